The SMILES string of the molecule is COc1ccccc1NC(=O)C(=O)Nn1c(C(=O)Nc2c(C)cccc2C)cc2cc(Cl)ccc21. The van der Waals surface area contributed by atoms with Crippen LogP contribution in [0.1, 0.15) is 21.6 Å². The molecule has 3 amide bonds. The summed E-state index contributed by atoms with van der Waals surface area (Å²) >= 11 is 6.13. The predicted octanol–water partition coefficient (Wildman–Crippen LogP) is 4.88. The van der Waals surface area contributed by atoms with Crippen molar-refractivity contribution in [3.05, 3.63) is 88.6 Å². The molecule has 9 heteroatoms. The Morgan fingerprint density at radius 3 is 2.29 bits per heavy atom. The number of aryl methyl sites for hydroxylation is 2. The molecule has 1 heterocycles. The number of ether oxygens (including phenoxy) is 1. The second kappa shape index (κ2) is 9.90. The number of hydrogen-bond acceptors (Lipinski definition) is 4. The number of rotatable bonds is 5. The normalized spacial score (nSPS) is 10.6. The lowest BCUT2D eigenvalue weighted by atomic mass is 10.1. The first-order valence-corrected chi connectivity index (χ1v) is 11.1. The molecule has 0 saturated heterocycles. The van der Waals surface area contributed by atoms with Gasteiger partial charge in [-0.3, -0.25) is 19.8 Å². The first-order chi connectivity index (χ1) is 16.8. The van der Waals surface area contributed by atoms with Crippen LogP contribution in [0.3, 0.4) is 0 Å². The summed E-state index contributed by atoms with van der Waals surface area (Å²) in [7, 11) is 1.46. The highest BCUT2D eigenvalue weighted by Crippen LogP contribution is 2.26. The molecule has 1 aromatic heterocycles. The molecule has 0 fully saturated rings. The van der Waals surface area contributed by atoms with Crippen LogP contribution in [0.2, 0.25) is 5.02 Å². The second-order valence-corrected chi connectivity index (χ2v) is 8.32. The third-order valence-electron chi connectivity index (χ3n) is 5.49. The van der Waals surface area contributed by atoms with Gasteiger partial charge in [0.2, 0.25) is 0 Å². The Bertz CT molecular complexity index is 1440. The molecule has 0 aliphatic carbocycles. The Kier molecular flexibility index (Phi) is 6.75. The number of benzene rings is 3. The van der Waals surface area contributed by atoms with E-state index in [4.69, 9.17) is 16.3 Å². The molecule has 0 atom stereocenters. The van der Waals surface area contributed by atoms with Gasteiger partial charge in [-0.15, -0.1) is 0 Å². The molecule has 35 heavy (non-hydrogen) atoms. The maximum absolute atomic E-state index is 13.3. The maximum Gasteiger partial charge on any atom is 0.328 e. The summed E-state index contributed by atoms with van der Waals surface area (Å²) < 4.78 is 6.49. The minimum atomic E-state index is -0.968. The molecule has 0 radical (unpaired) electrons. The Balaban J connectivity index is 1.66. The van der Waals surface area contributed by atoms with Gasteiger partial charge in [0.1, 0.15) is 11.4 Å². The molecular weight excluding hydrogens is 468 g/mol. The van der Waals surface area contributed by atoms with Gasteiger partial charge >= 0.3 is 11.8 Å². The molecule has 0 bridgehead atoms. The summed E-state index contributed by atoms with van der Waals surface area (Å²) in [5, 5.41) is 6.52. The van der Waals surface area contributed by atoms with E-state index in [1.165, 1.54) is 11.8 Å². The number of methoxy groups -OCH3 is 1. The third-order valence-corrected chi connectivity index (χ3v) is 5.73. The monoisotopic (exact) mass is 490 g/mol. The van der Waals surface area contributed by atoms with Crippen molar-refractivity contribution in [3.63, 3.8) is 0 Å². The molecule has 4 rings (SSSR count). The van der Waals surface area contributed by atoms with Gasteiger partial charge in [0.25, 0.3) is 5.91 Å². The van der Waals surface area contributed by atoms with E-state index in [0.717, 1.165) is 11.1 Å². The average Bonchev–Trinajstić information content (AvgIpc) is 3.19. The van der Waals surface area contributed by atoms with E-state index in [1.54, 1.807) is 48.5 Å². The first kappa shape index (κ1) is 23.8. The number of anilines is 2. The molecule has 0 spiro atoms. The lowest BCUT2D eigenvalue weighted by Crippen LogP contribution is -2.36. The van der Waals surface area contributed by atoms with Crippen LogP contribution in [0.5, 0.6) is 5.75 Å². The summed E-state index contributed by atoms with van der Waals surface area (Å²) in [4.78, 5) is 38.8. The van der Waals surface area contributed by atoms with Crippen molar-refractivity contribution >= 4 is 51.6 Å². The van der Waals surface area contributed by atoms with Crippen molar-refractivity contribution in [1.29, 1.82) is 0 Å². The molecule has 3 N–H and O–H groups in total. The van der Waals surface area contributed by atoms with Crippen molar-refractivity contribution in [3.8, 4) is 5.75 Å². The Labute approximate surface area is 206 Å². The Hall–Kier alpha value is -4.30. The number of halogens is 1. The second-order valence-electron chi connectivity index (χ2n) is 7.88. The fourth-order valence-corrected chi connectivity index (χ4v) is 3.92. The van der Waals surface area contributed by atoms with Crippen LogP contribution < -0.4 is 20.8 Å². The van der Waals surface area contributed by atoms with Crippen LogP contribution in [0.4, 0.5) is 11.4 Å². The molecule has 3 aromatic carbocycles. The highest BCUT2D eigenvalue weighted by molar-refractivity contribution is 6.42. The van der Waals surface area contributed by atoms with Crippen LogP contribution in [0.15, 0.2) is 66.7 Å². The zero-order chi connectivity index (χ0) is 25.1. The average molecular weight is 491 g/mol. The molecule has 0 saturated carbocycles. The van der Waals surface area contributed by atoms with Crippen LogP contribution >= 0.6 is 11.6 Å². The fourth-order valence-electron chi connectivity index (χ4n) is 3.74. The van der Waals surface area contributed by atoms with Gasteiger partial charge in [-0.1, -0.05) is 41.9 Å². The van der Waals surface area contributed by atoms with Crippen LogP contribution in [0, 0.1) is 13.8 Å². The van der Waals surface area contributed by atoms with E-state index in [-0.39, 0.29) is 5.69 Å². The van der Waals surface area contributed by atoms with E-state index < -0.39 is 17.7 Å². The van der Waals surface area contributed by atoms with Gasteiger partial charge in [0, 0.05) is 16.1 Å². The van der Waals surface area contributed by atoms with Crippen LogP contribution in [-0.4, -0.2) is 29.5 Å². The maximum atomic E-state index is 13.3. The van der Waals surface area contributed by atoms with Crippen molar-refractivity contribution in [1.82, 2.24) is 4.68 Å². The number of nitrogens with zero attached hydrogens (tertiary/aromatic N) is 1. The van der Waals surface area contributed by atoms with Crippen LogP contribution in [0.25, 0.3) is 10.9 Å². The predicted molar refractivity (Wildman–Crippen MR) is 137 cm³/mol. The number of para-hydroxylation sites is 3. The number of carbonyl (C=O) groups excluding carboxylic acids is 3. The van der Waals surface area contributed by atoms with Crippen LogP contribution in [-0.2, 0) is 9.59 Å². The van der Waals surface area contributed by atoms with Crippen molar-refractivity contribution < 1.29 is 19.1 Å². The van der Waals surface area contributed by atoms with Gasteiger partial charge < -0.3 is 15.4 Å². The number of amides is 3. The van der Waals surface area contributed by atoms with Gasteiger partial charge in [0.15, 0.2) is 0 Å². The molecular formula is C26H23ClN4O4. The summed E-state index contributed by atoms with van der Waals surface area (Å²) in [5.41, 5.74) is 5.95. The zero-order valence-corrected chi connectivity index (χ0v) is 20.1. The van der Waals surface area contributed by atoms with E-state index in [2.05, 4.69) is 16.1 Å². The first-order valence-electron chi connectivity index (χ1n) is 10.7. The minimum Gasteiger partial charge on any atom is -0.495 e. The van der Waals surface area contributed by atoms with E-state index >= 15 is 0 Å². The fraction of sp³-hybridized carbons (Fsp3) is 0.115. The van der Waals surface area contributed by atoms with Gasteiger partial charge in [0.05, 0.1) is 18.3 Å². The van der Waals surface area contributed by atoms with Gasteiger partial charge in [-0.05, 0) is 61.4 Å². The standard InChI is InChI=1S/C26H23ClN4O4/c1-15-7-6-8-16(2)23(15)29-24(32)21-14-17-13-18(27)11-12-20(17)31(21)30-26(34)25(33)28-19-9-4-5-10-22(19)35-3/h4-14H,1-3H3,(H,28,33)(H,29,32)(H,30,34). The third kappa shape index (κ3) is 4.97. The lowest BCUT2D eigenvalue weighted by Gasteiger charge is -2.15. The quantitative estimate of drug-likeness (QED) is 0.347. The van der Waals surface area contributed by atoms with Gasteiger partial charge in [-0.2, -0.15) is 0 Å². The number of aromatic nitrogens is 1. The smallest absolute Gasteiger partial charge is 0.328 e. The largest absolute Gasteiger partial charge is 0.495 e. The minimum absolute atomic E-state index is 0.128. The molecule has 4 aromatic rings. The summed E-state index contributed by atoms with van der Waals surface area (Å²) in [5.74, 6) is -1.94. The summed E-state index contributed by atoms with van der Waals surface area (Å²) in [6, 6.07) is 19.0. The summed E-state index contributed by atoms with van der Waals surface area (Å²) in [6.45, 7) is 3.78. The number of fused-ring (bicyclic) bond motifs is 1. The zero-order valence-electron chi connectivity index (χ0n) is 19.3. The number of carbonyl (C=O) groups is 3. The van der Waals surface area contributed by atoms with Crippen molar-refractivity contribution in [2.24, 2.45) is 0 Å². The lowest BCUT2D eigenvalue weighted by molar-refractivity contribution is -0.133. The molecule has 0 aliphatic heterocycles. The van der Waals surface area contributed by atoms with E-state index in [0.29, 0.717) is 33.0 Å². The molecule has 178 valence electrons. The Morgan fingerprint density at radius 2 is 1.57 bits per heavy atom. The topological polar surface area (TPSA) is 101 Å². The highest BCUT2D eigenvalue weighted by atomic mass is 35.5. The molecule has 8 nitrogen and oxygen atoms in total. The van der Waals surface area contributed by atoms with Crippen molar-refractivity contribution in [2.45, 2.75) is 13.8 Å². The van der Waals surface area contributed by atoms with E-state index in [1.807, 2.05) is 32.0 Å². The van der Waals surface area contributed by atoms with Gasteiger partial charge in [-0.25, -0.2) is 4.68 Å². The Morgan fingerprint density at radius 1 is 0.857 bits per heavy atom. The highest BCUT2D eigenvalue weighted by Gasteiger charge is 2.22. The molecule has 0 unspecified atom stereocenters. The van der Waals surface area contributed by atoms with E-state index in [9.17, 15) is 14.4 Å². The number of nitrogens with one attached hydrogen (secondary N) is 3. The molecule has 0 aliphatic rings. The summed E-state index contributed by atoms with van der Waals surface area (Å²) in [6.07, 6.45) is 0. The number of hydrogen-bond donors (Lipinski definition) is 3. The van der Waals surface area contributed by atoms with Crippen molar-refractivity contribution in [2.75, 3.05) is 23.2 Å².